The topological polar surface area (TPSA) is 46.6 Å². The van der Waals surface area contributed by atoms with Gasteiger partial charge in [0.2, 0.25) is 0 Å². The van der Waals surface area contributed by atoms with Crippen LogP contribution >= 0.6 is 11.3 Å². The molecule has 5 heteroatoms. The Hall–Kier alpha value is -1.36. The molecule has 2 rings (SSSR count). The number of amides is 1. The summed E-state index contributed by atoms with van der Waals surface area (Å²) in [6, 6.07) is 2.00. The molecular formula is C16H23NO3S. The molecule has 1 fully saturated rings. The quantitative estimate of drug-likeness (QED) is 0.803. The zero-order valence-electron chi connectivity index (χ0n) is 13.0. The molecule has 0 spiro atoms. The van der Waals surface area contributed by atoms with E-state index in [1.54, 1.807) is 16.2 Å². The van der Waals surface area contributed by atoms with E-state index in [1.807, 2.05) is 13.0 Å². The summed E-state index contributed by atoms with van der Waals surface area (Å²) in [5.41, 5.74) is 1.24. The first kappa shape index (κ1) is 16.0. The minimum atomic E-state index is -0.174. The van der Waals surface area contributed by atoms with Gasteiger partial charge in [0.05, 0.1) is 17.4 Å². The summed E-state index contributed by atoms with van der Waals surface area (Å²) >= 11 is 1.55. The fourth-order valence-corrected chi connectivity index (χ4v) is 3.83. The van der Waals surface area contributed by atoms with Gasteiger partial charge in [-0.25, -0.2) is 0 Å². The summed E-state index contributed by atoms with van der Waals surface area (Å²) in [6.07, 6.45) is 2.62. The van der Waals surface area contributed by atoms with E-state index < -0.39 is 0 Å². The predicted octanol–water partition coefficient (Wildman–Crippen LogP) is 3.03. The standard InChI is InChI=1S/C16H23NO3S/c1-4-12-9-14(21-11(12)3)15(18)17-8-6-7-13(10-17)16(19)20-5-2/h9,13H,4-8,10H2,1-3H3. The van der Waals surface area contributed by atoms with Gasteiger partial charge in [0.1, 0.15) is 0 Å². The number of hydrogen-bond donors (Lipinski definition) is 0. The smallest absolute Gasteiger partial charge is 0.310 e. The summed E-state index contributed by atoms with van der Waals surface area (Å²) in [5, 5.41) is 0. The highest BCUT2D eigenvalue weighted by atomic mass is 32.1. The number of piperidine rings is 1. The number of aryl methyl sites for hydroxylation is 2. The lowest BCUT2D eigenvalue weighted by atomic mass is 9.98. The molecule has 116 valence electrons. The van der Waals surface area contributed by atoms with Crippen molar-refractivity contribution < 1.29 is 14.3 Å². The average Bonchev–Trinajstić information content (AvgIpc) is 2.88. The predicted molar refractivity (Wildman–Crippen MR) is 83.7 cm³/mol. The number of esters is 1. The van der Waals surface area contributed by atoms with Gasteiger partial charge in [0.25, 0.3) is 5.91 Å². The Morgan fingerprint density at radius 2 is 2.19 bits per heavy atom. The van der Waals surface area contributed by atoms with Crippen LogP contribution in [0.15, 0.2) is 6.07 Å². The summed E-state index contributed by atoms with van der Waals surface area (Å²) in [7, 11) is 0. The van der Waals surface area contributed by atoms with Crippen molar-refractivity contribution in [2.24, 2.45) is 5.92 Å². The van der Waals surface area contributed by atoms with Gasteiger partial charge in [-0.1, -0.05) is 6.92 Å². The zero-order chi connectivity index (χ0) is 15.4. The first-order valence-electron chi connectivity index (χ1n) is 7.62. The molecule has 1 aromatic rings. The number of carbonyl (C=O) groups excluding carboxylic acids is 2. The molecule has 0 saturated carbocycles. The van der Waals surface area contributed by atoms with E-state index in [4.69, 9.17) is 4.74 Å². The maximum Gasteiger partial charge on any atom is 0.310 e. The Kier molecular flexibility index (Phi) is 5.39. The molecule has 4 nitrogen and oxygen atoms in total. The molecule has 21 heavy (non-hydrogen) atoms. The van der Waals surface area contributed by atoms with Gasteiger partial charge in [0.15, 0.2) is 0 Å². The second kappa shape index (κ2) is 7.07. The van der Waals surface area contributed by atoms with Crippen molar-refractivity contribution in [3.63, 3.8) is 0 Å². The number of nitrogens with zero attached hydrogens (tertiary/aromatic N) is 1. The molecule has 1 aromatic heterocycles. The largest absolute Gasteiger partial charge is 0.466 e. The lowest BCUT2D eigenvalue weighted by molar-refractivity contribution is -0.149. The van der Waals surface area contributed by atoms with Crippen LogP contribution in [0.2, 0.25) is 0 Å². The molecule has 1 amide bonds. The van der Waals surface area contributed by atoms with Crippen LogP contribution in [0.5, 0.6) is 0 Å². The van der Waals surface area contributed by atoms with Crippen molar-refractivity contribution in [1.29, 1.82) is 0 Å². The monoisotopic (exact) mass is 309 g/mol. The molecule has 0 aliphatic carbocycles. The maximum absolute atomic E-state index is 12.6. The molecule has 1 atom stereocenters. The third-order valence-electron chi connectivity index (χ3n) is 3.94. The first-order valence-corrected chi connectivity index (χ1v) is 8.43. The van der Waals surface area contributed by atoms with E-state index in [-0.39, 0.29) is 17.8 Å². The van der Waals surface area contributed by atoms with Gasteiger partial charge < -0.3 is 9.64 Å². The summed E-state index contributed by atoms with van der Waals surface area (Å²) in [5.74, 6) is -0.294. The van der Waals surface area contributed by atoms with Gasteiger partial charge >= 0.3 is 5.97 Å². The van der Waals surface area contributed by atoms with Gasteiger partial charge in [-0.2, -0.15) is 0 Å². The van der Waals surface area contributed by atoms with E-state index >= 15 is 0 Å². The van der Waals surface area contributed by atoms with E-state index in [0.717, 1.165) is 30.7 Å². The highest BCUT2D eigenvalue weighted by molar-refractivity contribution is 7.14. The summed E-state index contributed by atoms with van der Waals surface area (Å²) < 4.78 is 5.08. The molecule has 2 heterocycles. The van der Waals surface area contributed by atoms with Crippen LogP contribution in [0.25, 0.3) is 0 Å². The van der Waals surface area contributed by atoms with Gasteiger partial charge in [-0.3, -0.25) is 9.59 Å². The van der Waals surface area contributed by atoms with Crippen LogP contribution in [0, 0.1) is 12.8 Å². The van der Waals surface area contributed by atoms with Gasteiger partial charge in [-0.05, 0) is 44.7 Å². The summed E-state index contributed by atoms with van der Waals surface area (Å²) in [4.78, 5) is 28.2. The van der Waals surface area contributed by atoms with Crippen molar-refractivity contribution in [1.82, 2.24) is 4.90 Å². The molecule has 1 aliphatic heterocycles. The Balaban J connectivity index is 2.06. The molecule has 0 bridgehead atoms. The maximum atomic E-state index is 12.6. The van der Waals surface area contributed by atoms with Crippen LogP contribution in [0.3, 0.4) is 0 Å². The van der Waals surface area contributed by atoms with Crippen molar-refractivity contribution in [2.45, 2.75) is 40.0 Å². The molecule has 0 radical (unpaired) electrons. The van der Waals surface area contributed by atoms with Crippen molar-refractivity contribution in [3.05, 3.63) is 21.4 Å². The van der Waals surface area contributed by atoms with Crippen molar-refractivity contribution in [3.8, 4) is 0 Å². The second-order valence-electron chi connectivity index (χ2n) is 5.39. The molecule has 1 unspecified atom stereocenters. The zero-order valence-corrected chi connectivity index (χ0v) is 13.8. The van der Waals surface area contributed by atoms with Crippen LogP contribution in [-0.2, 0) is 16.0 Å². The fourth-order valence-electron chi connectivity index (χ4n) is 2.75. The minimum absolute atomic E-state index is 0.0526. The number of rotatable bonds is 4. The highest BCUT2D eigenvalue weighted by Crippen LogP contribution is 2.26. The molecule has 0 N–H and O–H groups in total. The number of hydrogen-bond acceptors (Lipinski definition) is 4. The third-order valence-corrected chi connectivity index (χ3v) is 5.02. The average molecular weight is 309 g/mol. The normalized spacial score (nSPS) is 18.6. The van der Waals surface area contributed by atoms with Gasteiger partial charge in [-0.15, -0.1) is 11.3 Å². The van der Waals surface area contributed by atoms with Crippen LogP contribution < -0.4 is 0 Å². The van der Waals surface area contributed by atoms with Gasteiger partial charge in [0, 0.05) is 18.0 Å². The molecule has 1 saturated heterocycles. The Morgan fingerprint density at radius 1 is 1.43 bits per heavy atom. The molecule has 1 aliphatic rings. The van der Waals surface area contributed by atoms with E-state index in [2.05, 4.69) is 13.8 Å². The molecular weight excluding hydrogens is 286 g/mol. The van der Waals surface area contributed by atoms with Crippen LogP contribution in [0.4, 0.5) is 0 Å². The van der Waals surface area contributed by atoms with Crippen LogP contribution in [-0.4, -0.2) is 36.5 Å². The van der Waals surface area contributed by atoms with E-state index in [9.17, 15) is 9.59 Å². The Bertz CT molecular complexity index is 524. The number of ether oxygens (including phenoxy) is 1. The lowest BCUT2D eigenvalue weighted by Crippen LogP contribution is -2.42. The fraction of sp³-hybridized carbons (Fsp3) is 0.625. The van der Waals surface area contributed by atoms with Crippen LogP contribution in [0.1, 0.15) is 46.8 Å². The Morgan fingerprint density at radius 3 is 2.81 bits per heavy atom. The van der Waals surface area contributed by atoms with Crippen molar-refractivity contribution >= 4 is 23.2 Å². The lowest BCUT2D eigenvalue weighted by Gasteiger charge is -2.31. The number of thiophene rings is 1. The minimum Gasteiger partial charge on any atom is -0.466 e. The van der Waals surface area contributed by atoms with Crippen molar-refractivity contribution in [2.75, 3.05) is 19.7 Å². The first-order chi connectivity index (χ1) is 10.1. The number of likely N-dealkylation sites (tertiary alicyclic amines) is 1. The summed E-state index contributed by atoms with van der Waals surface area (Å²) in [6.45, 7) is 7.57. The third kappa shape index (κ3) is 3.64. The molecule has 0 aromatic carbocycles. The van der Waals surface area contributed by atoms with E-state index in [1.165, 1.54) is 10.4 Å². The Labute approximate surface area is 130 Å². The SMILES string of the molecule is CCOC(=O)C1CCCN(C(=O)c2cc(CC)c(C)s2)C1. The highest BCUT2D eigenvalue weighted by Gasteiger charge is 2.30. The van der Waals surface area contributed by atoms with E-state index in [0.29, 0.717) is 13.2 Å². The number of carbonyl (C=O) groups is 2. The second-order valence-corrected chi connectivity index (χ2v) is 6.64.